The Morgan fingerprint density at radius 1 is 0.800 bits per heavy atom. The van der Waals surface area contributed by atoms with Crippen LogP contribution < -0.4 is 15.4 Å². The smallest absolute Gasteiger partial charge is 0.119 e. The third-order valence-corrected chi connectivity index (χ3v) is 3.99. The quantitative estimate of drug-likeness (QED) is 0.546. The average Bonchev–Trinajstić information content (AvgIpc) is 2.67. The van der Waals surface area contributed by atoms with Crippen molar-refractivity contribution in [1.29, 1.82) is 0 Å². The molecule has 0 unspecified atom stereocenters. The fourth-order valence-electron chi connectivity index (χ4n) is 2.67. The molecule has 0 aromatic heterocycles. The fourth-order valence-corrected chi connectivity index (χ4v) is 2.67. The van der Waals surface area contributed by atoms with Gasteiger partial charge in [0, 0.05) is 24.0 Å². The molecule has 0 radical (unpaired) electrons. The first-order chi connectivity index (χ1) is 12.3. The monoisotopic (exact) mass is 332 g/mol. The second-order valence-corrected chi connectivity index (χ2v) is 5.95. The van der Waals surface area contributed by atoms with Crippen molar-refractivity contribution in [2.24, 2.45) is 0 Å². The van der Waals surface area contributed by atoms with Gasteiger partial charge >= 0.3 is 0 Å². The van der Waals surface area contributed by atoms with Crippen LogP contribution in [0.1, 0.15) is 18.5 Å². The Hall–Kier alpha value is -2.94. The predicted octanol–water partition coefficient (Wildman–Crippen LogP) is 5.35. The van der Waals surface area contributed by atoms with E-state index in [2.05, 4.69) is 66.1 Å². The van der Waals surface area contributed by atoms with Crippen molar-refractivity contribution in [3.63, 3.8) is 0 Å². The molecule has 3 aromatic rings. The highest BCUT2D eigenvalue weighted by Gasteiger charge is 2.04. The number of anilines is 2. The summed E-state index contributed by atoms with van der Waals surface area (Å²) in [6.45, 7) is 3.55. The van der Waals surface area contributed by atoms with Crippen LogP contribution in [0, 0.1) is 0 Å². The van der Waals surface area contributed by atoms with Crippen LogP contribution >= 0.6 is 0 Å². The zero-order valence-electron chi connectivity index (χ0n) is 14.5. The van der Waals surface area contributed by atoms with Gasteiger partial charge < -0.3 is 15.4 Å². The number of hydrogen-bond donors (Lipinski definition) is 2. The lowest BCUT2D eigenvalue weighted by Gasteiger charge is -2.17. The first-order valence-corrected chi connectivity index (χ1v) is 8.64. The maximum Gasteiger partial charge on any atom is 0.119 e. The lowest BCUT2D eigenvalue weighted by Crippen LogP contribution is -2.12. The first kappa shape index (κ1) is 16.9. The summed E-state index contributed by atoms with van der Waals surface area (Å²) in [4.78, 5) is 0. The maximum absolute atomic E-state index is 5.70. The third-order valence-electron chi connectivity index (χ3n) is 3.99. The number of para-hydroxylation sites is 1. The van der Waals surface area contributed by atoms with Gasteiger partial charge in [-0.1, -0.05) is 54.6 Å². The van der Waals surface area contributed by atoms with Gasteiger partial charge in [-0.3, -0.25) is 0 Å². The van der Waals surface area contributed by atoms with Crippen LogP contribution in [-0.2, 0) is 0 Å². The number of hydrogen-bond acceptors (Lipinski definition) is 3. The van der Waals surface area contributed by atoms with E-state index >= 15 is 0 Å². The van der Waals surface area contributed by atoms with Crippen LogP contribution in [0.2, 0.25) is 0 Å². The lowest BCUT2D eigenvalue weighted by molar-refractivity contribution is 0.333. The van der Waals surface area contributed by atoms with E-state index in [4.69, 9.17) is 4.74 Å². The summed E-state index contributed by atoms with van der Waals surface area (Å²) in [6.07, 6.45) is 0. The Kier molecular flexibility index (Phi) is 5.94. The van der Waals surface area contributed by atoms with E-state index in [-0.39, 0.29) is 6.04 Å². The molecule has 0 heterocycles. The largest absolute Gasteiger partial charge is 0.492 e. The van der Waals surface area contributed by atoms with Gasteiger partial charge in [0.1, 0.15) is 12.4 Å². The fraction of sp³-hybridized carbons (Fsp3) is 0.182. The van der Waals surface area contributed by atoms with E-state index in [0.717, 1.165) is 23.7 Å². The highest BCUT2D eigenvalue weighted by molar-refractivity contribution is 5.57. The van der Waals surface area contributed by atoms with Crippen LogP contribution in [-0.4, -0.2) is 13.2 Å². The summed E-state index contributed by atoms with van der Waals surface area (Å²) in [7, 11) is 0. The summed E-state index contributed by atoms with van der Waals surface area (Å²) < 4.78 is 5.70. The second kappa shape index (κ2) is 8.78. The molecule has 128 valence electrons. The SMILES string of the molecule is C[C@H](Nc1cccc(NCCOc2ccccc2)c1)c1ccccc1. The Morgan fingerprint density at radius 3 is 2.24 bits per heavy atom. The molecule has 3 rings (SSSR count). The molecule has 3 aromatic carbocycles. The van der Waals surface area contributed by atoms with Crippen LogP contribution in [0.3, 0.4) is 0 Å². The van der Waals surface area contributed by atoms with Crippen molar-refractivity contribution in [1.82, 2.24) is 0 Å². The van der Waals surface area contributed by atoms with E-state index in [1.165, 1.54) is 5.56 Å². The van der Waals surface area contributed by atoms with Gasteiger partial charge in [-0.05, 0) is 42.8 Å². The molecule has 0 saturated heterocycles. The molecule has 2 N–H and O–H groups in total. The topological polar surface area (TPSA) is 33.3 Å². The van der Waals surface area contributed by atoms with Gasteiger partial charge in [0.25, 0.3) is 0 Å². The van der Waals surface area contributed by atoms with E-state index in [9.17, 15) is 0 Å². The molecule has 0 saturated carbocycles. The van der Waals surface area contributed by atoms with Crippen LogP contribution in [0.4, 0.5) is 11.4 Å². The lowest BCUT2D eigenvalue weighted by atomic mass is 10.1. The molecule has 0 aliphatic heterocycles. The van der Waals surface area contributed by atoms with E-state index in [0.29, 0.717) is 6.61 Å². The van der Waals surface area contributed by atoms with E-state index in [1.54, 1.807) is 0 Å². The van der Waals surface area contributed by atoms with Crippen LogP contribution in [0.5, 0.6) is 5.75 Å². The summed E-state index contributed by atoms with van der Waals surface area (Å²) in [6, 6.07) is 28.9. The van der Waals surface area contributed by atoms with E-state index < -0.39 is 0 Å². The normalized spacial score (nSPS) is 11.6. The molecule has 0 aliphatic rings. The minimum Gasteiger partial charge on any atom is -0.492 e. The van der Waals surface area contributed by atoms with Crippen molar-refractivity contribution in [2.75, 3.05) is 23.8 Å². The Morgan fingerprint density at radius 2 is 1.48 bits per heavy atom. The Labute approximate surface area is 149 Å². The summed E-state index contributed by atoms with van der Waals surface area (Å²) in [5.41, 5.74) is 3.46. The molecule has 0 amide bonds. The molecule has 0 aliphatic carbocycles. The van der Waals surface area contributed by atoms with Crippen LogP contribution in [0.15, 0.2) is 84.9 Å². The average molecular weight is 332 g/mol. The minimum atomic E-state index is 0.262. The van der Waals surface area contributed by atoms with Crippen molar-refractivity contribution < 1.29 is 4.74 Å². The summed E-state index contributed by atoms with van der Waals surface area (Å²) in [5.74, 6) is 0.899. The minimum absolute atomic E-state index is 0.262. The second-order valence-electron chi connectivity index (χ2n) is 5.95. The number of benzene rings is 3. The highest BCUT2D eigenvalue weighted by Crippen LogP contribution is 2.21. The van der Waals surface area contributed by atoms with Gasteiger partial charge in [0.15, 0.2) is 0 Å². The molecule has 1 atom stereocenters. The molecular formula is C22H24N2O. The Bertz CT molecular complexity index is 759. The molecule has 3 heteroatoms. The van der Waals surface area contributed by atoms with Crippen molar-refractivity contribution >= 4 is 11.4 Å². The van der Waals surface area contributed by atoms with E-state index in [1.807, 2.05) is 36.4 Å². The van der Waals surface area contributed by atoms with Crippen LogP contribution in [0.25, 0.3) is 0 Å². The summed E-state index contributed by atoms with van der Waals surface area (Å²) >= 11 is 0. The number of rotatable bonds is 8. The van der Waals surface area contributed by atoms with Gasteiger partial charge in [-0.2, -0.15) is 0 Å². The standard InChI is InChI=1S/C22H24N2O/c1-18(19-9-4-2-5-10-19)24-21-12-8-11-20(17-21)23-15-16-25-22-13-6-3-7-14-22/h2-14,17-18,23-24H,15-16H2,1H3/t18-/m0/s1. The van der Waals surface area contributed by atoms with Crippen molar-refractivity contribution in [2.45, 2.75) is 13.0 Å². The third kappa shape index (κ3) is 5.28. The zero-order chi connectivity index (χ0) is 17.3. The Balaban J connectivity index is 1.49. The van der Waals surface area contributed by atoms with Gasteiger partial charge in [-0.25, -0.2) is 0 Å². The summed E-state index contributed by atoms with van der Waals surface area (Å²) in [5, 5.41) is 6.95. The van der Waals surface area contributed by atoms with Gasteiger partial charge in [-0.15, -0.1) is 0 Å². The maximum atomic E-state index is 5.70. The van der Waals surface area contributed by atoms with Gasteiger partial charge in [0.2, 0.25) is 0 Å². The zero-order valence-corrected chi connectivity index (χ0v) is 14.5. The predicted molar refractivity (Wildman–Crippen MR) is 105 cm³/mol. The van der Waals surface area contributed by atoms with Gasteiger partial charge in [0.05, 0.1) is 0 Å². The molecular weight excluding hydrogens is 308 g/mol. The molecule has 25 heavy (non-hydrogen) atoms. The van der Waals surface area contributed by atoms with Crippen molar-refractivity contribution in [3.05, 3.63) is 90.5 Å². The first-order valence-electron chi connectivity index (χ1n) is 8.64. The number of ether oxygens (including phenoxy) is 1. The number of nitrogens with one attached hydrogen (secondary N) is 2. The molecule has 0 spiro atoms. The molecule has 3 nitrogen and oxygen atoms in total. The molecule has 0 fully saturated rings. The molecule has 0 bridgehead atoms. The highest BCUT2D eigenvalue weighted by atomic mass is 16.5. The van der Waals surface area contributed by atoms with Crippen molar-refractivity contribution in [3.8, 4) is 5.75 Å².